The highest BCUT2D eigenvalue weighted by atomic mass is 35.5. The molecule has 0 amide bonds. The van der Waals surface area contributed by atoms with Crippen LogP contribution in [-0.4, -0.2) is 17.2 Å². The lowest BCUT2D eigenvalue weighted by Gasteiger charge is -2.09. The molecule has 0 aromatic rings. The van der Waals surface area contributed by atoms with Crippen molar-refractivity contribution in [1.29, 1.82) is 0 Å². The molecule has 0 heterocycles. The molecule has 0 saturated heterocycles. The Balaban J connectivity index is 4.07. The maximum absolute atomic E-state index is 11.1. The minimum Gasteiger partial charge on any atom is -0.410 e. The van der Waals surface area contributed by atoms with Gasteiger partial charge in [0.2, 0.25) is 0 Å². The predicted molar refractivity (Wildman–Crippen MR) is 40.8 cm³/mol. The minimum atomic E-state index is -3.06. The van der Waals surface area contributed by atoms with Gasteiger partial charge in [0.15, 0.2) is 0 Å². The van der Waals surface area contributed by atoms with Crippen molar-refractivity contribution in [2.45, 2.75) is 6.92 Å². The van der Waals surface area contributed by atoms with Crippen LogP contribution in [0.3, 0.4) is 0 Å². The fraction of sp³-hybridized carbons (Fsp3) is 0.750. The van der Waals surface area contributed by atoms with Crippen molar-refractivity contribution < 1.29 is 13.9 Å². The summed E-state index contributed by atoms with van der Waals surface area (Å²) in [6.07, 6.45) is 0. The predicted octanol–water partition coefficient (Wildman–Crippen LogP) is 2.22. The maximum Gasteiger partial charge on any atom is 0.307 e. The van der Waals surface area contributed by atoms with E-state index in [1.807, 2.05) is 0 Å². The second kappa shape index (κ2) is 4.22. The molecule has 60 valence electrons. The van der Waals surface area contributed by atoms with E-state index in [2.05, 4.69) is 4.52 Å². The summed E-state index contributed by atoms with van der Waals surface area (Å²) in [6, 6.07) is 0. The van der Waals surface area contributed by atoms with Gasteiger partial charge in [-0.3, -0.25) is 9.36 Å². The SMILES string of the molecule is CC(=O)OP(=O)(CCl)CCl. The third-order valence-corrected chi connectivity index (χ3v) is 4.16. The molecule has 0 fully saturated rings. The Morgan fingerprint density at radius 1 is 1.50 bits per heavy atom. The zero-order chi connectivity index (χ0) is 8.20. The molecule has 0 bridgehead atoms. The normalized spacial score (nSPS) is 11.1. The van der Waals surface area contributed by atoms with E-state index < -0.39 is 13.3 Å². The Kier molecular flexibility index (Phi) is 4.34. The van der Waals surface area contributed by atoms with Gasteiger partial charge in [0.25, 0.3) is 7.37 Å². The van der Waals surface area contributed by atoms with Crippen LogP contribution in [0.1, 0.15) is 6.92 Å². The summed E-state index contributed by atoms with van der Waals surface area (Å²) in [7, 11) is -3.06. The number of halogens is 2. The molecule has 0 radical (unpaired) electrons. The van der Waals surface area contributed by atoms with E-state index in [-0.39, 0.29) is 11.2 Å². The van der Waals surface area contributed by atoms with E-state index in [4.69, 9.17) is 23.2 Å². The van der Waals surface area contributed by atoms with Crippen LogP contribution in [0.2, 0.25) is 0 Å². The van der Waals surface area contributed by atoms with E-state index in [0.717, 1.165) is 6.92 Å². The summed E-state index contributed by atoms with van der Waals surface area (Å²) in [5.41, 5.74) is -0.452. The van der Waals surface area contributed by atoms with Crippen molar-refractivity contribution in [2.24, 2.45) is 0 Å². The second-order valence-corrected chi connectivity index (χ2v) is 5.36. The zero-order valence-corrected chi connectivity index (χ0v) is 7.75. The van der Waals surface area contributed by atoms with Gasteiger partial charge in [0.1, 0.15) is 11.2 Å². The number of hydrogen-bond acceptors (Lipinski definition) is 3. The van der Waals surface area contributed by atoms with E-state index in [1.54, 1.807) is 0 Å². The molecule has 0 atom stereocenters. The highest BCUT2D eigenvalue weighted by Gasteiger charge is 2.22. The number of hydrogen-bond donors (Lipinski definition) is 0. The van der Waals surface area contributed by atoms with Crippen molar-refractivity contribution in [1.82, 2.24) is 0 Å². The van der Waals surface area contributed by atoms with Crippen molar-refractivity contribution >= 4 is 36.5 Å². The molecule has 0 aliphatic heterocycles. The lowest BCUT2D eigenvalue weighted by Crippen LogP contribution is -1.98. The number of carbonyl (C=O) groups excluding carboxylic acids is 1. The Hall–Kier alpha value is 0.280. The highest BCUT2D eigenvalue weighted by Crippen LogP contribution is 2.48. The standard InChI is InChI=1S/C4H7Cl2O3P/c1-4(7)9-10(8,2-5)3-6/h2-3H2,1H3. The first-order valence-corrected chi connectivity index (χ1v) is 5.50. The first-order chi connectivity index (χ1) is 4.54. The minimum absolute atomic E-state index is 0.226. The molecular weight excluding hydrogens is 198 g/mol. The van der Waals surface area contributed by atoms with E-state index in [1.165, 1.54) is 0 Å². The monoisotopic (exact) mass is 204 g/mol. The molecule has 0 aromatic heterocycles. The van der Waals surface area contributed by atoms with Gasteiger partial charge in [0, 0.05) is 6.92 Å². The van der Waals surface area contributed by atoms with Crippen molar-refractivity contribution in [2.75, 3.05) is 11.2 Å². The Morgan fingerprint density at radius 2 is 1.90 bits per heavy atom. The van der Waals surface area contributed by atoms with Gasteiger partial charge in [-0.15, -0.1) is 23.2 Å². The van der Waals surface area contributed by atoms with E-state index in [9.17, 15) is 9.36 Å². The van der Waals surface area contributed by atoms with Crippen LogP contribution in [0.5, 0.6) is 0 Å². The van der Waals surface area contributed by atoms with Gasteiger partial charge >= 0.3 is 5.97 Å². The van der Waals surface area contributed by atoms with Crippen LogP contribution in [-0.2, 0) is 13.9 Å². The first-order valence-electron chi connectivity index (χ1n) is 2.44. The van der Waals surface area contributed by atoms with Gasteiger partial charge in [0.05, 0.1) is 0 Å². The summed E-state index contributed by atoms with van der Waals surface area (Å²) >= 11 is 10.5. The number of alkyl halides is 2. The molecule has 0 aliphatic rings. The molecule has 0 spiro atoms. The molecule has 10 heavy (non-hydrogen) atoms. The Labute approximate surface area is 69.1 Å². The summed E-state index contributed by atoms with van der Waals surface area (Å²) in [5, 5.41) is 0. The average Bonchev–Trinajstić information content (AvgIpc) is 1.87. The summed E-state index contributed by atoms with van der Waals surface area (Å²) in [4.78, 5) is 10.3. The van der Waals surface area contributed by atoms with Crippen LogP contribution in [0, 0.1) is 0 Å². The van der Waals surface area contributed by atoms with Crippen LogP contribution in [0.15, 0.2) is 0 Å². The van der Waals surface area contributed by atoms with Crippen LogP contribution in [0.4, 0.5) is 0 Å². The molecule has 0 rings (SSSR count). The smallest absolute Gasteiger partial charge is 0.307 e. The quantitative estimate of drug-likeness (QED) is 0.523. The molecule has 0 aliphatic carbocycles. The van der Waals surface area contributed by atoms with Crippen LogP contribution in [0.25, 0.3) is 0 Å². The fourth-order valence-corrected chi connectivity index (χ4v) is 2.00. The molecule has 3 nitrogen and oxygen atoms in total. The van der Waals surface area contributed by atoms with Gasteiger partial charge in [-0.1, -0.05) is 0 Å². The molecule has 0 unspecified atom stereocenters. The van der Waals surface area contributed by atoms with Crippen molar-refractivity contribution in [3.05, 3.63) is 0 Å². The summed E-state index contributed by atoms with van der Waals surface area (Å²) in [5.74, 6) is -0.621. The third kappa shape index (κ3) is 3.45. The second-order valence-electron chi connectivity index (χ2n) is 1.64. The van der Waals surface area contributed by atoms with Gasteiger partial charge in [-0.05, 0) is 0 Å². The maximum atomic E-state index is 11.1. The molecule has 0 saturated carbocycles. The lowest BCUT2D eigenvalue weighted by molar-refractivity contribution is -0.131. The Bertz CT molecular complexity index is 162. The Morgan fingerprint density at radius 3 is 2.00 bits per heavy atom. The first kappa shape index (κ1) is 10.3. The molecule has 0 aromatic carbocycles. The van der Waals surface area contributed by atoms with Crippen molar-refractivity contribution in [3.8, 4) is 0 Å². The summed E-state index contributed by atoms with van der Waals surface area (Å²) in [6.45, 7) is 1.16. The third-order valence-electron chi connectivity index (χ3n) is 0.659. The van der Waals surface area contributed by atoms with E-state index in [0.29, 0.717) is 0 Å². The zero-order valence-electron chi connectivity index (χ0n) is 5.34. The van der Waals surface area contributed by atoms with E-state index >= 15 is 0 Å². The molecule has 6 heteroatoms. The molecule has 0 N–H and O–H groups in total. The largest absolute Gasteiger partial charge is 0.410 e. The summed E-state index contributed by atoms with van der Waals surface area (Å²) < 4.78 is 15.4. The topological polar surface area (TPSA) is 43.4 Å². The molecular formula is C4H7Cl2O3P. The van der Waals surface area contributed by atoms with Gasteiger partial charge in [-0.2, -0.15) is 0 Å². The fourth-order valence-electron chi connectivity index (χ4n) is 0.315. The number of carbonyl (C=O) groups is 1. The van der Waals surface area contributed by atoms with Gasteiger partial charge in [-0.25, -0.2) is 0 Å². The lowest BCUT2D eigenvalue weighted by atomic mass is 10.9. The van der Waals surface area contributed by atoms with Crippen molar-refractivity contribution in [3.63, 3.8) is 0 Å². The average molecular weight is 205 g/mol. The number of rotatable bonds is 3. The van der Waals surface area contributed by atoms with Gasteiger partial charge < -0.3 is 4.52 Å². The van der Waals surface area contributed by atoms with Crippen LogP contribution < -0.4 is 0 Å². The highest BCUT2D eigenvalue weighted by molar-refractivity contribution is 7.62. The van der Waals surface area contributed by atoms with Crippen LogP contribution >= 0.6 is 30.6 Å².